The fraction of sp³-hybridized carbons (Fsp3) is 0.977. The van der Waals surface area contributed by atoms with Crippen LogP contribution in [0.15, 0.2) is 0 Å². The van der Waals surface area contributed by atoms with E-state index in [4.69, 9.17) is 37.9 Å². The number of aliphatic hydroxyl groups excluding tert-OH is 1. The molecule has 0 aliphatic carbocycles. The summed E-state index contributed by atoms with van der Waals surface area (Å²) in [5.41, 5.74) is -1.08. The van der Waals surface area contributed by atoms with E-state index in [1.54, 1.807) is 21.0 Å². The van der Waals surface area contributed by atoms with Crippen LogP contribution in [-0.4, -0.2) is 108 Å². The smallest absolute Gasteiger partial charge is 0.308 e. The highest BCUT2D eigenvalue weighted by atomic mass is 16.7. The molecular weight excluding hydrogens is 704 g/mol. The predicted molar refractivity (Wildman–Crippen MR) is 207 cm³/mol. The van der Waals surface area contributed by atoms with Crippen LogP contribution in [0.2, 0.25) is 0 Å². The van der Waals surface area contributed by atoms with Crippen LogP contribution in [0, 0.1) is 47.3 Å². The lowest BCUT2D eigenvalue weighted by Gasteiger charge is -2.50. The summed E-state index contributed by atoms with van der Waals surface area (Å²) in [5.74, 6) is -2.14. The normalized spacial score (nSPS) is 51.2. The van der Waals surface area contributed by atoms with Crippen molar-refractivity contribution >= 4 is 5.97 Å². The van der Waals surface area contributed by atoms with Gasteiger partial charge in [-0.15, -0.1) is 0 Å². The second-order valence-corrected chi connectivity index (χ2v) is 20.0. The maximum absolute atomic E-state index is 12.3. The van der Waals surface area contributed by atoms with Gasteiger partial charge >= 0.3 is 5.97 Å². The van der Waals surface area contributed by atoms with E-state index in [0.29, 0.717) is 5.92 Å². The van der Waals surface area contributed by atoms with E-state index in [2.05, 4.69) is 55.4 Å². The Balaban J connectivity index is 1.12. The van der Waals surface area contributed by atoms with Crippen molar-refractivity contribution in [3.8, 4) is 0 Å². The average molecular weight is 781 g/mol. The fourth-order valence-corrected chi connectivity index (χ4v) is 11.7. The Morgan fingerprint density at radius 3 is 2.24 bits per heavy atom. The van der Waals surface area contributed by atoms with E-state index >= 15 is 0 Å². The molecule has 0 aromatic carbocycles. The van der Waals surface area contributed by atoms with Gasteiger partial charge < -0.3 is 48.1 Å². The zero-order valence-electron chi connectivity index (χ0n) is 36.1. The minimum Gasteiger partial charge on any atom is -0.460 e. The maximum atomic E-state index is 12.3. The third kappa shape index (κ3) is 8.45. The molecule has 6 rings (SSSR count). The number of esters is 1. The Morgan fingerprint density at radius 2 is 1.56 bits per heavy atom. The van der Waals surface area contributed by atoms with Crippen LogP contribution in [0.1, 0.15) is 134 Å². The zero-order chi connectivity index (χ0) is 40.2. The predicted octanol–water partition coefficient (Wildman–Crippen LogP) is 6.82. The van der Waals surface area contributed by atoms with Crippen molar-refractivity contribution in [1.29, 1.82) is 0 Å². The number of carbonyl (C=O) groups is 1. The van der Waals surface area contributed by atoms with Crippen molar-refractivity contribution in [1.82, 2.24) is 0 Å². The molecule has 0 radical (unpaired) electrons. The molecule has 3 unspecified atom stereocenters. The summed E-state index contributed by atoms with van der Waals surface area (Å²) in [7, 11) is 1.80. The fourth-order valence-electron chi connectivity index (χ4n) is 11.7. The van der Waals surface area contributed by atoms with Gasteiger partial charge in [0.2, 0.25) is 5.79 Å². The largest absolute Gasteiger partial charge is 0.460 e. The van der Waals surface area contributed by atoms with Gasteiger partial charge in [-0.25, -0.2) is 0 Å². The van der Waals surface area contributed by atoms with Gasteiger partial charge in [-0.2, -0.15) is 0 Å². The second kappa shape index (κ2) is 16.6. The maximum Gasteiger partial charge on any atom is 0.308 e. The van der Waals surface area contributed by atoms with Crippen LogP contribution >= 0.6 is 0 Å². The lowest BCUT2D eigenvalue weighted by Crippen LogP contribution is -2.58. The van der Waals surface area contributed by atoms with E-state index in [1.807, 2.05) is 6.92 Å². The van der Waals surface area contributed by atoms with Gasteiger partial charge in [0.15, 0.2) is 5.79 Å². The standard InChI is InChI=1S/C44H76O11/c1-24(2)40(46)49-23-43(47)29(7)17-26(4)38(54-43)35-18-27(5)39(51-35)41(10)16-15-36(53-41)42(11)21-30(8)44(55-42)31(9)34(48-12)20-33(52-44)19-32-14-13-25(3)37(50-32)28(6)22-45/h24-39,45,47H,13-23H2,1-12H3/t25-,26?,27-,28-,29?,30+,31+,32+,33+,34+,35+,36+,37+,38-,39+,41-,42-,43-,44?/m0/s1. The molecule has 11 heteroatoms. The van der Waals surface area contributed by atoms with Crippen molar-refractivity contribution in [2.75, 3.05) is 20.3 Å². The second-order valence-electron chi connectivity index (χ2n) is 20.0. The summed E-state index contributed by atoms with van der Waals surface area (Å²) in [6.45, 7) is 23.0. The van der Waals surface area contributed by atoms with Crippen LogP contribution in [0.3, 0.4) is 0 Å². The molecule has 19 atom stereocenters. The minimum absolute atomic E-state index is 0.00930. The quantitative estimate of drug-likeness (QED) is 0.214. The van der Waals surface area contributed by atoms with Crippen LogP contribution in [0.25, 0.3) is 0 Å². The highest BCUT2D eigenvalue weighted by Gasteiger charge is 2.65. The van der Waals surface area contributed by atoms with Gasteiger partial charge in [0, 0.05) is 50.2 Å². The number of hydrogen-bond donors (Lipinski definition) is 2. The summed E-state index contributed by atoms with van der Waals surface area (Å²) in [4.78, 5) is 12.3. The van der Waals surface area contributed by atoms with Gasteiger partial charge in [-0.3, -0.25) is 4.79 Å². The Hall–Kier alpha value is -0.890. The summed E-state index contributed by atoms with van der Waals surface area (Å²) < 4.78 is 53.3. The first-order chi connectivity index (χ1) is 25.8. The summed E-state index contributed by atoms with van der Waals surface area (Å²) in [5, 5.41) is 21.5. The topological polar surface area (TPSA) is 131 Å². The van der Waals surface area contributed by atoms with Crippen molar-refractivity contribution in [2.24, 2.45) is 47.3 Å². The van der Waals surface area contributed by atoms with Crippen LogP contribution in [0.4, 0.5) is 0 Å². The summed E-state index contributed by atoms with van der Waals surface area (Å²) in [6.07, 6.45) is 6.89. The molecule has 0 saturated carbocycles. The summed E-state index contributed by atoms with van der Waals surface area (Å²) in [6, 6.07) is 0. The Morgan fingerprint density at radius 1 is 0.836 bits per heavy atom. The Bertz CT molecular complexity index is 1310. The molecular formula is C44H76O11. The molecule has 6 saturated heterocycles. The Labute approximate surface area is 331 Å². The van der Waals surface area contributed by atoms with Crippen LogP contribution < -0.4 is 0 Å². The van der Waals surface area contributed by atoms with Gasteiger partial charge in [-0.1, -0.05) is 62.3 Å². The first-order valence-corrected chi connectivity index (χ1v) is 21.8. The number of hydrogen-bond acceptors (Lipinski definition) is 11. The van der Waals surface area contributed by atoms with Gasteiger partial charge in [0.05, 0.1) is 66.0 Å². The highest BCUT2D eigenvalue weighted by Crippen LogP contribution is 2.57. The SMILES string of the molecule is CO[C@@H]1C[C@@H](C[C@H]2CC[C@H](C)[C@H]([C@@H](C)CO)O2)OC2(O[C@](C)([C@H]3CC[C@@](C)([C@@H]4O[C@@H]([C@H]5O[C@@](O)(COC(=O)C(C)C)C(C)CC5C)C[C@@H]4C)O3)C[C@H]2C)[C@@H]1C. The van der Waals surface area contributed by atoms with E-state index in [0.717, 1.165) is 57.8 Å². The van der Waals surface area contributed by atoms with Gasteiger partial charge in [-0.05, 0) is 76.5 Å². The molecule has 318 valence electrons. The molecule has 11 nitrogen and oxygen atoms in total. The third-order valence-corrected chi connectivity index (χ3v) is 15.1. The summed E-state index contributed by atoms with van der Waals surface area (Å²) >= 11 is 0. The lowest BCUT2D eigenvalue weighted by molar-refractivity contribution is -0.353. The minimum atomic E-state index is -1.56. The van der Waals surface area contributed by atoms with Crippen molar-refractivity contribution in [2.45, 2.75) is 206 Å². The molecule has 0 amide bonds. The molecule has 1 spiro atoms. The highest BCUT2D eigenvalue weighted by molar-refractivity contribution is 5.71. The molecule has 0 aromatic rings. The molecule has 2 N–H and O–H groups in total. The zero-order valence-corrected chi connectivity index (χ0v) is 36.1. The van der Waals surface area contributed by atoms with Crippen LogP contribution in [0.5, 0.6) is 0 Å². The number of carbonyl (C=O) groups excluding carboxylic acids is 1. The third-order valence-electron chi connectivity index (χ3n) is 15.1. The molecule has 6 aliphatic rings. The number of ether oxygens (including phenoxy) is 8. The van der Waals surface area contributed by atoms with E-state index < -0.39 is 22.8 Å². The Kier molecular flexibility index (Phi) is 13.2. The first kappa shape index (κ1) is 43.7. The molecule has 6 fully saturated rings. The average Bonchev–Trinajstić information content (AvgIpc) is 3.81. The van der Waals surface area contributed by atoms with Gasteiger partial charge in [0.25, 0.3) is 0 Å². The molecule has 55 heavy (non-hydrogen) atoms. The van der Waals surface area contributed by atoms with Crippen molar-refractivity contribution in [3.05, 3.63) is 0 Å². The molecule has 6 heterocycles. The number of rotatable bonds is 11. The van der Waals surface area contributed by atoms with E-state index in [-0.39, 0.29) is 109 Å². The number of methoxy groups -OCH3 is 1. The molecule has 0 bridgehead atoms. The molecule has 6 aliphatic heterocycles. The van der Waals surface area contributed by atoms with Crippen molar-refractivity contribution < 1.29 is 52.9 Å². The molecule has 0 aromatic heterocycles. The lowest BCUT2D eigenvalue weighted by atomic mass is 9.78. The first-order valence-electron chi connectivity index (χ1n) is 21.8. The van der Waals surface area contributed by atoms with E-state index in [9.17, 15) is 15.0 Å². The van der Waals surface area contributed by atoms with Gasteiger partial charge in [0.1, 0.15) is 6.61 Å². The monoisotopic (exact) mass is 781 g/mol. The van der Waals surface area contributed by atoms with E-state index in [1.165, 1.54) is 0 Å². The number of aliphatic hydroxyl groups is 2. The van der Waals surface area contributed by atoms with Crippen molar-refractivity contribution in [3.63, 3.8) is 0 Å². The van der Waals surface area contributed by atoms with Crippen LogP contribution in [-0.2, 0) is 42.7 Å².